The SMILES string of the molecule is C[S@@](=O)CCNC(=O)Nc1cccc(F)c1. The molecule has 0 heterocycles. The van der Waals surface area contributed by atoms with Crippen LogP contribution in [0.5, 0.6) is 0 Å². The molecule has 0 aliphatic rings. The zero-order valence-electron chi connectivity index (χ0n) is 8.83. The highest BCUT2D eigenvalue weighted by Crippen LogP contribution is 2.08. The summed E-state index contributed by atoms with van der Waals surface area (Å²) in [5.74, 6) is -0.0104. The van der Waals surface area contributed by atoms with E-state index in [9.17, 15) is 13.4 Å². The third-order valence-electron chi connectivity index (χ3n) is 1.76. The summed E-state index contributed by atoms with van der Waals surface area (Å²) in [6.45, 7) is 0.324. The number of hydrogen-bond donors (Lipinski definition) is 2. The topological polar surface area (TPSA) is 58.2 Å². The first kappa shape index (κ1) is 12.6. The third kappa shape index (κ3) is 4.88. The molecule has 1 atom stereocenters. The van der Waals surface area contributed by atoms with Gasteiger partial charge in [-0.05, 0) is 18.2 Å². The Hall–Kier alpha value is -1.43. The normalized spacial score (nSPS) is 11.9. The second-order valence-electron chi connectivity index (χ2n) is 3.17. The lowest BCUT2D eigenvalue weighted by atomic mass is 10.3. The van der Waals surface area contributed by atoms with Crippen LogP contribution in [0.25, 0.3) is 0 Å². The van der Waals surface area contributed by atoms with Crippen molar-refractivity contribution in [3.8, 4) is 0 Å². The molecule has 0 bridgehead atoms. The second kappa shape index (κ2) is 6.22. The Morgan fingerprint density at radius 1 is 1.50 bits per heavy atom. The number of anilines is 1. The molecular formula is C10H13FN2O2S. The molecule has 1 rings (SSSR count). The Labute approximate surface area is 95.7 Å². The van der Waals surface area contributed by atoms with Gasteiger partial charge < -0.3 is 10.6 Å². The zero-order valence-corrected chi connectivity index (χ0v) is 9.64. The lowest BCUT2D eigenvalue weighted by molar-refractivity contribution is 0.252. The standard InChI is InChI=1S/C10H13FN2O2S/c1-16(15)6-5-12-10(14)13-9-4-2-3-8(11)7-9/h2-4,7H,5-6H2,1H3,(H2,12,13,14)/t16-/m1/s1. The minimum atomic E-state index is -0.935. The van der Waals surface area contributed by atoms with E-state index < -0.39 is 22.6 Å². The minimum Gasteiger partial charge on any atom is -0.337 e. The van der Waals surface area contributed by atoms with Gasteiger partial charge in [0.25, 0.3) is 0 Å². The highest BCUT2D eigenvalue weighted by atomic mass is 32.2. The van der Waals surface area contributed by atoms with Crippen molar-refractivity contribution < 1.29 is 13.4 Å². The lowest BCUT2D eigenvalue weighted by Crippen LogP contribution is -2.31. The number of carbonyl (C=O) groups excluding carboxylic acids is 1. The molecule has 0 radical (unpaired) electrons. The smallest absolute Gasteiger partial charge is 0.319 e. The van der Waals surface area contributed by atoms with E-state index in [4.69, 9.17) is 0 Å². The van der Waals surface area contributed by atoms with E-state index in [1.54, 1.807) is 12.3 Å². The van der Waals surface area contributed by atoms with Crippen molar-refractivity contribution in [3.05, 3.63) is 30.1 Å². The average molecular weight is 244 g/mol. The number of urea groups is 1. The number of amides is 2. The first-order valence-electron chi connectivity index (χ1n) is 4.68. The van der Waals surface area contributed by atoms with E-state index in [0.717, 1.165) is 0 Å². The minimum absolute atomic E-state index is 0.324. The number of hydrogen-bond acceptors (Lipinski definition) is 2. The van der Waals surface area contributed by atoms with E-state index in [-0.39, 0.29) is 0 Å². The van der Waals surface area contributed by atoms with Gasteiger partial charge in [0.15, 0.2) is 0 Å². The molecule has 2 amide bonds. The van der Waals surface area contributed by atoms with E-state index in [0.29, 0.717) is 18.0 Å². The largest absolute Gasteiger partial charge is 0.337 e. The summed E-state index contributed by atoms with van der Waals surface area (Å²) < 4.78 is 23.5. The van der Waals surface area contributed by atoms with Crippen molar-refractivity contribution in [3.63, 3.8) is 0 Å². The highest BCUT2D eigenvalue weighted by molar-refractivity contribution is 7.84. The van der Waals surface area contributed by atoms with Crippen LogP contribution in [0.4, 0.5) is 14.9 Å². The van der Waals surface area contributed by atoms with Crippen LogP contribution in [-0.2, 0) is 10.8 Å². The van der Waals surface area contributed by atoms with Crippen LogP contribution < -0.4 is 10.6 Å². The monoisotopic (exact) mass is 244 g/mol. The maximum atomic E-state index is 12.8. The van der Waals surface area contributed by atoms with Gasteiger partial charge >= 0.3 is 6.03 Å². The predicted molar refractivity (Wildman–Crippen MR) is 62.4 cm³/mol. The second-order valence-corrected chi connectivity index (χ2v) is 4.72. The van der Waals surface area contributed by atoms with Gasteiger partial charge in [-0.2, -0.15) is 0 Å². The van der Waals surface area contributed by atoms with E-state index in [1.165, 1.54) is 18.2 Å². The number of halogens is 1. The molecule has 0 aromatic heterocycles. The molecule has 1 aromatic carbocycles. The quantitative estimate of drug-likeness (QED) is 0.839. The van der Waals surface area contributed by atoms with Crippen LogP contribution in [0.2, 0.25) is 0 Å². The molecule has 0 saturated heterocycles. The molecule has 1 aromatic rings. The molecule has 0 spiro atoms. The third-order valence-corrected chi connectivity index (χ3v) is 2.54. The van der Waals surface area contributed by atoms with Gasteiger partial charge in [0, 0.05) is 35.0 Å². The Morgan fingerprint density at radius 3 is 2.88 bits per heavy atom. The maximum absolute atomic E-state index is 12.8. The molecule has 88 valence electrons. The van der Waals surface area contributed by atoms with Gasteiger partial charge in [-0.1, -0.05) is 6.07 Å². The molecule has 0 unspecified atom stereocenters. The molecular weight excluding hydrogens is 231 g/mol. The van der Waals surface area contributed by atoms with Gasteiger partial charge in [0.05, 0.1) is 0 Å². The first-order valence-corrected chi connectivity index (χ1v) is 6.41. The van der Waals surface area contributed by atoms with E-state index >= 15 is 0 Å². The summed E-state index contributed by atoms with van der Waals surface area (Å²) >= 11 is 0. The van der Waals surface area contributed by atoms with Crippen LogP contribution in [0, 0.1) is 5.82 Å². The van der Waals surface area contributed by atoms with Gasteiger partial charge in [0.2, 0.25) is 0 Å². The van der Waals surface area contributed by atoms with Crippen molar-refractivity contribution in [2.24, 2.45) is 0 Å². The Kier molecular flexibility index (Phi) is 4.91. The summed E-state index contributed by atoms with van der Waals surface area (Å²) in [7, 11) is -0.935. The molecule has 2 N–H and O–H groups in total. The molecule has 6 heteroatoms. The van der Waals surface area contributed by atoms with E-state index in [1.807, 2.05) is 0 Å². The summed E-state index contributed by atoms with van der Waals surface area (Å²) in [4.78, 5) is 11.3. The number of rotatable bonds is 4. The van der Waals surface area contributed by atoms with Crippen LogP contribution >= 0.6 is 0 Å². The first-order chi connectivity index (χ1) is 7.58. The molecule has 0 aliphatic heterocycles. The highest BCUT2D eigenvalue weighted by Gasteiger charge is 2.01. The summed E-state index contributed by atoms with van der Waals surface area (Å²) in [6, 6.07) is 5.17. The Morgan fingerprint density at radius 2 is 2.25 bits per heavy atom. The van der Waals surface area contributed by atoms with Gasteiger partial charge in [-0.3, -0.25) is 4.21 Å². The van der Waals surface area contributed by atoms with Crippen LogP contribution in [0.1, 0.15) is 0 Å². The number of benzene rings is 1. The number of nitrogens with one attached hydrogen (secondary N) is 2. The fourth-order valence-corrected chi connectivity index (χ4v) is 1.44. The van der Waals surface area contributed by atoms with Crippen molar-refractivity contribution >= 4 is 22.5 Å². The molecule has 4 nitrogen and oxygen atoms in total. The average Bonchev–Trinajstić information content (AvgIpc) is 2.16. The van der Waals surface area contributed by atoms with Crippen molar-refractivity contribution in [2.45, 2.75) is 0 Å². The summed E-state index contributed by atoms with van der Waals surface area (Å²) in [5, 5.41) is 4.98. The van der Waals surface area contributed by atoms with E-state index in [2.05, 4.69) is 10.6 Å². The van der Waals surface area contributed by atoms with Gasteiger partial charge in [0.1, 0.15) is 5.82 Å². The van der Waals surface area contributed by atoms with Crippen LogP contribution in [0.3, 0.4) is 0 Å². The van der Waals surface area contributed by atoms with Crippen molar-refractivity contribution in [1.29, 1.82) is 0 Å². The molecule has 0 saturated carbocycles. The van der Waals surface area contributed by atoms with Crippen molar-refractivity contribution in [2.75, 3.05) is 23.9 Å². The lowest BCUT2D eigenvalue weighted by Gasteiger charge is -2.06. The molecule has 0 fully saturated rings. The molecule has 16 heavy (non-hydrogen) atoms. The molecule has 0 aliphatic carbocycles. The fraction of sp³-hybridized carbons (Fsp3) is 0.300. The Balaban J connectivity index is 2.37. The van der Waals surface area contributed by atoms with Gasteiger partial charge in [-0.15, -0.1) is 0 Å². The Bertz CT molecular complexity index is 398. The zero-order chi connectivity index (χ0) is 12.0. The number of carbonyl (C=O) groups is 1. The summed E-state index contributed by atoms with van der Waals surface area (Å²) in [5.41, 5.74) is 0.384. The summed E-state index contributed by atoms with van der Waals surface area (Å²) in [6.07, 6.45) is 1.56. The predicted octanol–water partition coefficient (Wildman–Crippen LogP) is 1.33. The fourth-order valence-electron chi connectivity index (χ4n) is 1.05. The van der Waals surface area contributed by atoms with Crippen molar-refractivity contribution in [1.82, 2.24) is 5.32 Å². The maximum Gasteiger partial charge on any atom is 0.319 e. The van der Waals surface area contributed by atoms with Crippen LogP contribution in [0.15, 0.2) is 24.3 Å². The van der Waals surface area contributed by atoms with Gasteiger partial charge in [-0.25, -0.2) is 9.18 Å². The van der Waals surface area contributed by atoms with Crippen LogP contribution in [-0.4, -0.2) is 28.8 Å².